The minimum absolute atomic E-state index is 0.200. The minimum atomic E-state index is -0.502. The van der Waals surface area contributed by atoms with Crippen LogP contribution in [0.3, 0.4) is 0 Å². The number of nitrogens with zero attached hydrogens (tertiary/aromatic N) is 1. The van der Waals surface area contributed by atoms with Crippen molar-refractivity contribution < 1.29 is 14.3 Å². The van der Waals surface area contributed by atoms with E-state index in [2.05, 4.69) is 17.9 Å². The third-order valence-corrected chi connectivity index (χ3v) is 2.87. The summed E-state index contributed by atoms with van der Waals surface area (Å²) >= 11 is 3.73. The van der Waals surface area contributed by atoms with Gasteiger partial charge in [0.25, 0.3) is 11.1 Å². The summed E-state index contributed by atoms with van der Waals surface area (Å²) in [6.07, 6.45) is -0.502. The van der Waals surface area contributed by atoms with Gasteiger partial charge in [-0.15, -0.1) is 0 Å². The zero-order chi connectivity index (χ0) is 12.6. The van der Waals surface area contributed by atoms with Gasteiger partial charge in [0.2, 0.25) is 0 Å². The van der Waals surface area contributed by atoms with E-state index in [1.807, 2.05) is 0 Å². The lowest BCUT2D eigenvalue weighted by Crippen LogP contribution is -2.34. The molecule has 2 rings (SSSR count). The highest BCUT2D eigenvalue weighted by atomic mass is 32.1. The van der Waals surface area contributed by atoms with E-state index in [1.54, 1.807) is 32.2 Å². The Morgan fingerprint density at radius 2 is 2.24 bits per heavy atom. The van der Waals surface area contributed by atoms with Crippen LogP contribution in [-0.2, 0) is 4.79 Å². The van der Waals surface area contributed by atoms with Crippen LogP contribution in [0, 0.1) is 0 Å². The van der Waals surface area contributed by atoms with Crippen molar-refractivity contribution in [2.24, 2.45) is 0 Å². The normalized spacial score (nSPS) is 17.8. The van der Waals surface area contributed by atoms with E-state index in [0.29, 0.717) is 17.1 Å². The van der Waals surface area contributed by atoms with Crippen molar-refractivity contribution >= 4 is 35.1 Å². The molecular weight excluding hydrogens is 240 g/mol. The van der Waals surface area contributed by atoms with Crippen molar-refractivity contribution in [2.45, 2.75) is 13.0 Å². The van der Waals surface area contributed by atoms with Crippen molar-refractivity contribution in [3.63, 3.8) is 0 Å². The number of amides is 2. The van der Waals surface area contributed by atoms with Gasteiger partial charge in [-0.2, -0.15) is 0 Å². The monoisotopic (exact) mass is 252 g/mol. The van der Waals surface area contributed by atoms with Crippen LogP contribution in [0.15, 0.2) is 18.2 Å². The van der Waals surface area contributed by atoms with E-state index in [1.165, 1.54) is 4.90 Å². The molecule has 0 radical (unpaired) electrons. The van der Waals surface area contributed by atoms with E-state index in [-0.39, 0.29) is 11.1 Å². The Balaban J connectivity index is 2.35. The molecule has 2 amide bonds. The van der Waals surface area contributed by atoms with Crippen molar-refractivity contribution in [1.29, 1.82) is 0 Å². The molecule has 1 aliphatic heterocycles. The molecule has 1 aromatic rings. The molecule has 1 N–H and O–H groups in total. The van der Waals surface area contributed by atoms with Crippen LogP contribution in [0.4, 0.5) is 16.2 Å². The van der Waals surface area contributed by atoms with Crippen molar-refractivity contribution in [3.8, 4) is 5.75 Å². The lowest BCUT2D eigenvalue weighted by molar-refractivity contribution is -0.122. The standard InChI is InChI=1S/C11H12N2O3S/c1-6-10(14)12-8-5-7(13(2)11(15)17)3-4-9(8)16-6/h3-6H,1-2H3,(H,12,14)(H,15,17). The fraction of sp³-hybridized carbons (Fsp3) is 0.273. The molecule has 90 valence electrons. The number of anilines is 2. The lowest BCUT2D eigenvalue weighted by Gasteiger charge is -2.25. The van der Waals surface area contributed by atoms with Crippen LogP contribution >= 0.6 is 12.6 Å². The molecule has 0 spiro atoms. The van der Waals surface area contributed by atoms with Gasteiger partial charge in [-0.25, -0.2) is 0 Å². The Morgan fingerprint density at radius 3 is 2.88 bits per heavy atom. The molecule has 1 aromatic carbocycles. The molecule has 0 saturated heterocycles. The number of carbonyl (C=O) groups is 2. The second-order valence-corrected chi connectivity index (χ2v) is 4.15. The Kier molecular flexibility index (Phi) is 2.97. The van der Waals surface area contributed by atoms with E-state index >= 15 is 0 Å². The maximum Gasteiger partial charge on any atom is 0.282 e. The van der Waals surface area contributed by atoms with Gasteiger partial charge in [0.15, 0.2) is 6.10 Å². The van der Waals surface area contributed by atoms with Gasteiger partial charge in [-0.05, 0) is 25.1 Å². The first-order chi connectivity index (χ1) is 7.99. The fourth-order valence-corrected chi connectivity index (χ4v) is 1.63. The average Bonchev–Trinajstić information content (AvgIpc) is 2.29. The lowest BCUT2D eigenvalue weighted by atomic mass is 10.2. The number of thiol groups is 1. The van der Waals surface area contributed by atoms with Gasteiger partial charge >= 0.3 is 0 Å². The highest BCUT2D eigenvalue weighted by Crippen LogP contribution is 2.33. The van der Waals surface area contributed by atoms with Crippen LogP contribution < -0.4 is 15.0 Å². The first-order valence-corrected chi connectivity index (χ1v) is 5.52. The summed E-state index contributed by atoms with van der Waals surface area (Å²) in [6, 6.07) is 5.12. The Morgan fingerprint density at radius 1 is 1.53 bits per heavy atom. The fourth-order valence-electron chi connectivity index (χ4n) is 1.52. The Labute approximate surface area is 104 Å². The molecule has 1 unspecified atom stereocenters. The molecule has 1 heterocycles. The minimum Gasteiger partial charge on any atom is -0.479 e. The van der Waals surface area contributed by atoms with Gasteiger partial charge < -0.3 is 15.0 Å². The number of nitrogens with one attached hydrogen (secondary N) is 1. The van der Waals surface area contributed by atoms with Gasteiger partial charge in [0.1, 0.15) is 5.75 Å². The number of fused-ring (bicyclic) bond motifs is 1. The average molecular weight is 252 g/mol. The van der Waals surface area contributed by atoms with E-state index in [9.17, 15) is 9.59 Å². The van der Waals surface area contributed by atoms with Crippen LogP contribution in [0.5, 0.6) is 5.75 Å². The largest absolute Gasteiger partial charge is 0.479 e. The molecule has 1 aliphatic rings. The highest BCUT2D eigenvalue weighted by Gasteiger charge is 2.24. The highest BCUT2D eigenvalue weighted by molar-refractivity contribution is 7.96. The number of ether oxygens (including phenoxy) is 1. The molecule has 0 fully saturated rings. The summed E-state index contributed by atoms with van der Waals surface area (Å²) in [4.78, 5) is 23.9. The topological polar surface area (TPSA) is 58.6 Å². The summed E-state index contributed by atoms with van der Waals surface area (Å²) in [5.74, 6) is 0.398. The van der Waals surface area contributed by atoms with E-state index in [0.717, 1.165) is 0 Å². The molecule has 0 bridgehead atoms. The summed E-state index contributed by atoms with van der Waals surface area (Å²) in [5.41, 5.74) is 1.20. The van der Waals surface area contributed by atoms with Crippen LogP contribution in [0.2, 0.25) is 0 Å². The molecule has 17 heavy (non-hydrogen) atoms. The molecule has 0 aliphatic carbocycles. The second kappa shape index (κ2) is 4.29. The molecule has 1 atom stereocenters. The summed E-state index contributed by atoms with van der Waals surface area (Å²) in [5, 5.41) is 2.34. The molecular formula is C11H12N2O3S. The van der Waals surface area contributed by atoms with E-state index in [4.69, 9.17) is 4.74 Å². The molecule has 6 heteroatoms. The number of hydrogen-bond donors (Lipinski definition) is 2. The van der Waals surface area contributed by atoms with Gasteiger partial charge in [0.05, 0.1) is 5.69 Å². The maximum absolute atomic E-state index is 11.4. The number of rotatable bonds is 1. The predicted molar refractivity (Wildman–Crippen MR) is 67.9 cm³/mol. The summed E-state index contributed by atoms with van der Waals surface area (Å²) < 4.78 is 5.40. The third-order valence-electron chi connectivity index (χ3n) is 2.57. The SMILES string of the molecule is CC1Oc2ccc(N(C)C(=O)S)cc2NC1=O. The van der Waals surface area contributed by atoms with Gasteiger partial charge in [-0.1, -0.05) is 12.6 Å². The van der Waals surface area contributed by atoms with Crippen molar-refractivity contribution in [1.82, 2.24) is 0 Å². The summed E-state index contributed by atoms with van der Waals surface area (Å²) in [6.45, 7) is 1.68. The zero-order valence-electron chi connectivity index (χ0n) is 9.43. The smallest absolute Gasteiger partial charge is 0.282 e. The van der Waals surface area contributed by atoms with Crippen molar-refractivity contribution in [2.75, 3.05) is 17.3 Å². The maximum atomic E-state index is 11.4. The Hall–Kier alpha value is -1.69. The van der Waals surface area contributed by atoms with Crippen LogP contribution in [-0.4, -0.2) is 24.3 Å². The molecule has 5 nitrogen and oxygen atoms in total. The second-order valence-electron chi connectivity index (χ2n) is 3.77. The predicted octanol–water partition coefficient (Wildman–Crippen LogP) is 1.89. The zero-order valence-corrected chi connectivity index (χ0v) is 10.3. The van der Waals surface area contributed by atoms with Crippen LogP contribution in [0.1, 0.15) is 6.92 Å². The first kappa shape index (κ1) is 11.8. The number of hydrogen-bond acceptors (Lipinski definition) is 3. The number of carbonyl (C=O) groups excluding carboxylic acids is 2. The summed E-state index contributed by atoms with van der Waals surface area (Å²) in [7, 11) is 1.60. The first-order valence-electron chi connectivity index (χ1n) is 5.07. The molecule has 0 saturated carbocycles. The van der Waals surface area contributed by atoms with Crippen molar-refractivity contribution in [3.05, 3.63) is 18.2 Å². The Bertz CT molecular complexity index is 490. The molecule has 0 aromatic heterocycles. The number of benzene rings is 1. The van der Waals surface area contributed by atoms with E-state index < -0.39 is 6.10 Å². The van der Waals surface area contributed by atoms with Crippen LogP contribution in [0.25, 0.3) is 0 Å². The van der Waals surface area contributed by atoms with Gasteiger partial charge in [-0.3, -0.25) is 9.59 Å². The third kappa shape index (κ3) is 2.21. The van der Waals surface area contributed by atoms with Gasteiger partial charge in [0, 0.05) is 12.7 Å². The quantitative estimate of drug-likeness (QED) is 0.750.